The number of hydrogen-bond donors (Lipinski definition) is 1. The summed E-state index contributed by atoms with van der Waals surface area (Å²) in [6, 6.07) is 0.904. The molecule has 1 saturated heterocycles. The monoisotopic (exact) mass is 210 g/mol. The highest BCUT2D eigenvalue weighted by atomic mass is 16.2. The number of hydrogen-bond acceptors (Lipinski definition) is 2. The lowest BCUT2D eigenvalue weighted by Gasteiger charge is -2.41. The van der Waals surface area contributed by atoms with Gasteiger partial charge in [0.15, 0.2) is 0 Å². The maximum absolute atomic E-state index is 12.3. The van der Waals surface area contributed by atoms with E-state index < -0.39 is 0 Å². The summed E-state index contributed by atoms with van der Waals surface area (Å²) < 4.78 is 0. The van der Waals surface area contributed by atoms with E-state index in [1.165, 1.54) is 19.3 Å². The maximum Gasteiger partial charge on any atom is 0.227 e. The Balaban J connectivity index is 1.99. The van der Waals surface area contributed by atoms with Gasteiger partial charge in [0.2, 0.25) is 5.91 Å². The quantitative estimate of drug-likeness (QED) is 0.763. The fourth-order valence-corrected chi connectivity index (χ4v) is 2.60. The van der Waals surface area contributed by atoms with Crippen molar-refractivity contribution < 1.29 is 4.79 Å². The van der Waals surface area contributed by atoms with Crippen molar-refractivity contribution in [2.75, 3.05) is 13.1 Å². The Morgan fingerprint density at radius 1 is 1.33 bits per heavy atom. The van der Waals surface area contributed by atoms with E-state index in [0.717, 1.165) is 19.5 Å². The minimum atomic E-state index is 0.244. The Labute approximate surface area is 92.2 Å². The molecular formula is C12H22N2O. The minimum Gasteiger partial charge on any atom is -0.337 e. The van der Waals surface area contributed by atoms with Crippen LogP contribution >= 0.6 is 0 Å². The van der Waals surface area contributed by atoms with Gasteiger partial charge in [-0.1, -0.05) is 0 Å². The summed E-state index contributed by atoms with van der Waals surface area (Å²) in [6.45, 7) is 6.17. The van der Waals surface area contributed by atoms with E-state index in [1.807, 2.05) is 0 Å². The molecule has 1 amide bonds. The fraction of sp³-hybridized carbons (Fsp3) is 0.917. The van der Waals surface area contributed by atoms with Crippen LogP contribution in [-0.2, 0) is 4.79 Å². The number of carbonyl (C=O) groups is 1. The van der Waals surface area contributed by atoms with Crippen molar-refractivity contribution in [2.45, 2.75) is 51.6 Å². The Morgan fingerprint density at radius 3 is 2.47 bits per heavy atom. The third-order valence-corrected chi connectivity index (χ3v) is 3.69. The van der Waals surface area contributed by atoms with Gasteiger partial charge < -0.3 is 10.2 Å². The van der Waals surface area contributed by atoms with Crippen LogP contribution in [0.25, 0.3) is 0 Å². The molecule has 1 N–H and O–H groups in total. The first-order chi connectivity index (χ1) is 7.20. The van der Waals surface area contributed by atoms with Crippen LogP contribution in [0.4, 0.5) is 0 Å². The average molecular weight is 210 g/mol. The van der Waals surface area contributed by atoms with Gasteiger partial charge in [0.05, 0.1) is 5.92 Å². The zero-order valence-corrected chi connectivity index (χ0v) is 9.83. The second-order valence-corrected chi connectivity index (χ2v) is 5.11. The molecule has 1 saturated carbocycles. The van der Waals surface area contributed by atoms with Crippen molar-refractivity contribution in [3.8, 4) is 0 Å². The van der Waals surface area contributed by atoms with E-state index in [0.29, 0.717) is 18.0 Å². The molecule has 0 bridgehead atoms. The van der Waals surface area contributed by atoms with Crippen LogP contribution in [0.2, 0.25) is 0 Å². The highest BCUT2D eigenvalue weighted by Crippen LogP contribution is 2.28. The molecule has 0 unspecified atom stereocenters. The van der Waals surface area contributed by atoms with E-state index in [9.17, 15) is 4.79 Å². The summed E-state index contributed by atoms with van der Waals surface area (Å²) in [6.07, 6.45) is 4.74. The molecule has 2 aliphatic rings. The van der Waals surface area contributed by atoms with Crippen LogP contribution < -0.4 is 5.32 Å². The smallest absolute Gasteiger partial charge is 0.227 e. The molecule has 1 atom stereocenters. The summed E-state index contributed by atoms with van der Waals surface area (Å²) >= 11 is 0. The highest BCUT2D eigenvalue weighted by molar-refractivity contribution is 5.80. The van der Waals surface area contributed by atoms with Crippen LogP contribution in [0.3, 0.4) is 0 Å². The third kappa shape index (κ3) is 2.17. The van der Waals surface area contributed by atoms with Gasteiger partial charge >= 0.3 is 0 Å². The van der Waals surface area contributed by atoms with Crippen molar-refractivity contribution in [2.24, 2.45) is 5.92 Å². The zero-order chi connectivity index (χ0) is 10.8. The lowest BCUT2D eigenvalue weighted by atomic mass is 9.89. The summed E-state index contributed by atoms with van der Waals surface area (Å²) in [5, 5.41) is 3.27. The van der Waals surface area contributed by atoms with Crippen molar-refractivity contribution in [3.63, 3.8) is 0 Å². The van der Waals surface area contributed by atoms with Crippen LogP contribution in [0, 0.1) is 5.92 Å². The first kappa shape index (κ1) is 10.9. The van der Waals surface area contributed by atoms with Crippen molar-refractivity contribution in [1.29, 1.82) is 0 Å². The lowest BCUT2D eigenvalue weighted by Crippen LogP contribution is -2.50. The van der Waals surface area contributed by atoms with Gasteiger partial charge in [0.25, 0.3) is 0 Å². The van der Waals surface area contributed by atoms with Crippen molar-refractivity contribution in [3.05, 3.63) is 0 Å². The molecule has 2 fully saturated rings. The molecule has 3 nitrogen and oxygen atoms in total. The molecule has 1 aliphatic carbocycles. The zero-order valence-electron chi connectivity index (χ0n) is 9.83. The van der Waals surface area contributed by atoms with Gasteiger partial charge in [-0.15, -0.1) is 0 Å². The first-order valence-corrected chi connectivity index (χ1v) is 6.23. The van der Waals surface area contributed by atoms with Crippen LogP contribution in [-0.4, -0.2) is 36.0 Å². The summed E-state index contributed by atoms with van der Waals surface area (Å²) in [4.78, 5) is 14.4. The predicted octanol–water partition coefficient (Wildman–Crippen LogP) is 1.39. The molecule has 0 aromatic heterocycles. The first-order valence-electron chi connectivity index (χ1n) is 6.23. The van der Waals surface area contributed by atoms with Crippen molar-refractivity contribution in [1.82, 2.24) is 10.2 Å². The second kappa shape index (κ2) is 4.52. The molecule has 86 valence electrons. The van der Waals surface area contributed by atoms with Gasteiger partial charge in [0.1, 0.15) is 0 Å². The topological polar surface area (TPSA) is 32.3 Å². The van der Waals surface area contributed by atoms with Gasteiger partial charge in [-0.05, 0) is 46.1 Å². The van der Waals surface area contributed by atoms with E-state index in [-0.39, 0.29) is 5.92 Å². The second-order valence-electron chi connectivity index (χ2n) is 5.11. The fourth-order valence-electron chi connectivity index (χ4n) is 2.60. The number of rotatable bonds is 3. The van der Waals surface area contributed by atoms with E-state index in [4.69, 9.17) is 0 Å². The summed E-state index contributed by atoms with van der Waals surface area (Å²) in [5.41, 5.74) is 0. The van der Waals surface area contributed by atoms with E-state index in [1.54, 1.807) is 0 Å². The maximum atomic E-state index is 12.3. The third-order valence-electron chi connectivity index (χ3n) is 3.69. The lowest BCUT2D eigenvalue weighted by molar-refractivity contribution is -0.141. The normalized spacial score (nSPS) is 26.7. The SMILES string of the molecule is CC(C)N(C(=O)[C@@H]1CCNC1)C1CCC1. The van der Waals surface area contributed by atoms with Crippen LogP contribution in [0.1, 0.15) is 39.5 Å². The molecule has 1 heterocycles. The number of carbonyl (C=O) groups excluding carboxylic acids is 1. The highest BCUT2D eigenvalue weighted by Gasteiger charge is 2.35. The van der Waals surface area contributed by atoms with Crippen molar-refractivity contribution >= 4 is 5.91 Å². The molecule has 0 radical (unpaired) electrons. The van der Waals surface area contributed by atoms with Crippen LogP contribution in [0.15, 0.2) is 0 Å². The predicted molar refractivity (Wildman–Crippen MR) is 60.6 cm³/mol. The molecule has 0 spiro atoms. The van der Waals surface area contributed by atoms with Gasteiger partial charge in [-0.2, -0.15) is 0 Å². The van der Waals surface area contributed by atoms with Gasteiger partial charge in [0, 0.05) is 18.6 Å². The molecule has 3 heteroatoms. The molecule has 0 aromatic carbocycles. The largest absolute Gasteiger partial charge is 0.337 e. The van der Waals surface area contributed by atoms with E-state index >= 15 is 0 Å². The Bertz CT molecular complexity index is 230. The average Bonchev–Trinajstić information content (AvgIpc) is 2.61. The standard InChI is InChI=1S/C12H22N2O/c1-9(2)14(11-4-3-5-11)12(15)10-6-7-13-8-10/h9-11,13H,3-8H2,1-2H3/t10-/m1/s1. The van der Waals surface area contributed by atoms with Crippen LogP contribution in [0.5, 0.6) is 0 Å². The number of amides is 1. The summed E-state index contributed by atoms with van der Waals surface area (Å²) in [7, 11) is 0. The van der Waals surface area contributed by atoms with E-state index in [2.05, 4.69) is 24.1 Å². The molecular weight excluding hydrogens is 188 g/mol. The number of nitrogens with one attached hydrogen (secondary N) is 1. The Kier molecular flexibility index (Phi) is 3.29. The molecule has 15 heavy (non-hydrogen) atoms. The molecule has 2 rings (SSSR count). The Hall–Kier alpha value is -0.570. The minimum absolute atomic E-state index is 0.244. The van der Waals surface area contributed by atoms with Gasteiger partial charge in [-0.3, -0.25) is 4.79 Å². The number of nitrogens with zero attached hydrogens (tertiary/aromatic N) is 1. The molecule has 1 aliphatic heterocycles. The van der Waals surface area contributed by atoms with Gasteiger partial charge in [-0.25, -0.2) is 0 Å². The molecule has 0 aromatic rings. The summed E-state index contributed by atoms with van der Waals surface area (Å²) in [5.74, 6) is 0.632. The Morgan fingerprint density at radius 2 is 2.07 bits per heavy atom.